The minimum atomic E-state index is -3.01. The minimum absolute atomic E-state index is 0.221. The zero-order valence-electron chi connectivity index (χ0n) is 12.9. The Hall–Kier alpha value is 0.220. The van der Waals surface area contributed by atoms with Crippen LogP contribution >= 0.6 is 11.8 Å². The summed E-state index contributed by atoms with van der Waals surface area (Å²) in [6, 6.07) is 0.221. The van der Waals surface area contributed by atoms with Gasteiger partial charge in [0.05, 0.1) is 0 Å². The third-order valence-corrected chi connectivity index (χ3v) is 7.38. The standard InChI is InChI=1S/C14H30N2O2S2/c1-3-5-6-7-8-13(11-15)16-9-10-19-12-14(16)20(17,18)4-2/h13-14H,3-12,15H2,1-2H3. The van der Waals surface area contributed by atoms with Gasteiger partial charge in [-0.15, -0.1) is 0 Å². The van der Waals surface area contributed by atoms with E-state index in [1.165, 1.54) is 19.3 Å². The van der Waals surface area contributed by atoms with E-state index in [-0.39, 0.29) is 17.2 Å². The molecule has 2 atom stereocenters. The van der Waals surface area contributed by atoms with Crippen LogP contribution in [0.2, 0.25) is 0 Å². The molecule has 1 aliphatic rings. The molecule has 2 N–H and O–H groups in total. The second-order valence-corrected chi connectivity index (χ2v) is 9.05. The fraction of sp³-hybridized carbons (Fsp3) is 1.00. The van der Waals surface area contributed by atoms with Crippen LogP contribution in [0.1, 0.15) is 46.0 Å². The van der Waals surface area contributed by atoms with Gasteiger partial charge in [-0.05, 0) is 6.42 Å². The largest absolute Gasteiger partial charge is 0.329 e. The van der Waals surface area contributed by atoms with E-state index in [4.69, 9.17) is 5.73 Å². The number of sulfone groups is 1. The van der Waals surface area contributed by atoms with E-state index >= 15 is 0 Å². The Morgan fingerprint density at radius 1 is 1.30 bits per heavy atom. The first-order valence-electron chi connectivity index (χ1n) is 7.81. The molecule has 1 saturated heterocycles. The zero-order chi connectivity index (χ0) is 15.0. The van der Waals surface area contributed by atoms with E-state index in [0.717, 1.165) is 25.1 Å². The van der Waals surface area contributed by atoms with Crippen molar-refractivity contribution >= 4 is 21.6 Å². The third-order valence-electron chi connectivity index (χ3n) is 4.07. The molecule has 1 fully saturated rings. The Morgan fingerprint density at radius 3 is 2.65 bits per heavy atom. The first-order valence-corrected chi connectivity index (χ1v) is 10.7. The maximum Gasteiger partial charge on any atom is 0.166 e. The van der Waals surface area contributed by atoms with Gasteiger partial charge in [0.1, 0.15) is 5.37 Å². The molecular formula is C14H30N2O2S2. The molecule has 1 rings (SSSR count). The van der Waals surface area contributed by atoms with Gasteiger partial charge in [-0.2, -0.15) is 11.8 Å². The minimum Gasteiger partial charge on any atom is -0.329 e. The Bertz CT molecular complexity index is 360. The molecule has 1 aliphatic heterocycles. The summed E-state index contributed by atoms with van der Waals surface area (Å²) >= 11 is 1.75. The predicted octanol–water partition coefficient (Wildman–Crippen LogP) is 2.09. The topological polar surface area (TPSA) is 63.4 Å². The van der Waals surface area contributed by atoms with E-state index in [1.54, 1.807) is 18.7 Å². The monoisotopic (exact) mass is 322 g/mol. The van der Waals surface area contributed by atoms with Crippen molar-refractivity contribution in [1.29, 1.82) is 0 Å². The van der Waals surface area contributed by atoms with E-state index in [9.17, 15) is 8.42 Å². The highest BCUT2D eigenvalue weighted by Crippen LogP contribution is 2.25. The van der Waals surface area contributed by atoms with Crippen molar-refractivity contribution in [3.63, 3.8) is 0 Å². The highest BCUT2D eigenvalue weighted by molar-refractivity contribution is 8.01. The molecule has 0 bridgehead atoms. The van der Waals surface area contributed by atoms with Crippen LogP contribution in [0.3, 0.4) is 0 Å². The molecule has 0 amide bonds. The molecule has 0 aromatic heterocycles. The number of hydrogen-bond donors (Lipinski definition) is 1. The molecule has 6 heteroatoms. The summed E-state index contributed by atoms with van der Waals surface area (Å²) in [6.45, 7) is 5.36. The van der Waals surface area contributed by atoms with Gasteiger partial charge in [-0.3, -0.25) is 4.90 Å². The summed E-state index contributed by atoms with van der Waals surface area (Å²) in [5.74, 6) is 1.94. The highest BCUT2D eigenvalue weighted by atomic mass is 32.2. The summed E-state index contributed by atoms with van der Waals surface area (Å²) in [4.78, 5) is 2.17. The van der Waals surface area contributed by atoms with Crippen molar-refractivity contribution in [3.8, 4) is 0 Å². The van der Waals surface area contributed by atoms with Gasteiger partial charge in [-0.1, -0.05) is 39.5 Å². The zero-order valence-corrected chi connectivity index (χ0v) is 14.5. The van der Waals surface area contributed by atoms with Crippen LogP contribution in [-0.2, 0) is 9.84 Å². The van der Waals surface area contributed by atoms with Gasteiger partial charge in [0.25, 0.3) is 0 Å². The smallest absolute Gasteiger partial charge is 0.166 e. The van der Waals surface area contributed by atoms with Crippen LogP contribution in [0.5, 0.6) is 0 Å². The van der Waals surface area contributed by atoms with Crippen LogP contribution in [0.15, 0.2) is 0 Å². The predicted molar refractivity (Wildman–Crippen MR) is 88.9 cm³/mol. The van der Waals surface area contributed by atoms with E-state index in [2.05, 4.69) is 11.8 Å². The number of hydrogen-bond acceptors (Lipinski definition) is 5. The molecule has 0 aromatic rings. The molecule has 20 heavy (non-hydrogen) atoms. The fourth-order valence-corrected chi connectivity index (χ4v) is 5.83. The molecule has 1 heterocycles. The quantitative estimate of drug-likeness (QED) is 0.659. The lowest BCUT2D eigenvalue weighted by atomic mass is 10.1. The summed E-state index contributed by atoms with van der Waals surface area (Å²) in [7, 11) is -3.01. The Morgan fingerprint density at radius 2 is 2.05 bits per heavy atom. The lowest BCUT2D eigenvalue weighted by Gasteiger charge is -2.40. The third kappa shape index (κ3) is 5.20. The lowest BCUT2D eigenvalue weighted by Crippen LogP contribution is -2.54. The van der Waals surface area contributed by atoms with Gasteiger partial charge in [-0.25, -0.2) is 8.42 Å². The van der Waals surface area contributed by atoms with Gasteiger partial charge in [0.15, 0.2) is 9.84 Å². The molecular weight excluding hydrogens is 292 g/mol. The summed E-state index contributed by atoms with van der Waals surface area (Å²) in [5.41, 5.74) is 5.92. The van der Waals surface area contributed by atoms with Crippen LogP contribution in [0.25, 0.3) is 0 Å². The van der Waals surface area contributed by atoms with Crippen molar-refractivity contribution in [2.24, 2.45) is 5.73 Å². The lowest BCUT2D eigenvalue weighted by molar-refractivity contribution is 0.183. The average molecular weight is 323 g/mol. The number of unbranched alkanes of at least 4 members (excludes halogenated alkanes) is 3. The molecule has 120 valence electrons. The number of rotatable bonds is 9. The maximum absolute atomic E-state index is 12.3. The first kappa shape index (κ1) is 18.3. The maximum atomic E-state index is 12.3. The highest BCUT2D eigenvalue weighted by Gasteiger charge is 2.36. The van der Waals surface area contributed by atoms with Crippen molar-refractivity contribution < 1.29 is 8.42 Å². The van der Waals surface area contributed by atoms with Gasteiger partial charge < -0.3 is 5.73 Å². The Balaban J connectivity index is 2.66. The van der Waals surface area contributed by atoms with Gasteiger partial charge in [0, 0.05) is 36.4 Å². The number of nitrogens with two attached hydrogens (primary N) is 1. The van der Waals surface area contributed by atoms with Gasteiger partial charge in [0.2, 0.25) is 0 Å². The molecule has 4 nitrogen and oxygen atoms in total. The average Bonchev–Trinajstić information content (AvgIpc) is 2.47. The van der Waals surface area contributed by atoms with Crippen LogP contribution < -0.4 is 5.73 Å². The van der Waals surface area contributed by atoms with Gasteiger partial charge >= 0.3 is 0 Å². The first-order chi connectivity index (χ1) is 9.56. The second-order valence-electron chi connectivity index (χ2n) is 5.46. The Kier molecular flexibility index (Phi) is 8.48. The summed E-state index contributed by atoms with van der Waals surface area (Å²) in [6.07, 6.45) is 5.88. The van der Waals surface area contributed by atoms with Crippen molar-refractivity contribution in [2.45, 2.75) is 57.4 Å². The molecule has 2 unspecified atom stereocenters. The number of nitrogens with zero attached hydrogens (tertiary/aromatic N) is 1. The van der Waals surface area contributed by atoms with Crippen LogP contribution in [-0.4, -0.2) is 55.1 Å². The van der Waals surface area contributed by atoms with E-state index < -0.39 is 9.84 Å². The Labute approximate surface area is 128 Å². The van der Waals surface area contributed by atoms with Crippen LogP contribution in [0.4, 0.5) is 0 Å². The van der Waals surface area contributed by atoms with E-state index in [0.29, 0.717) is 12.3 Å². The summed E-state index contributed by atoms with van der Waals surface area (Å²) in [5, 5.41) is -0.328. The SMILES string of the molecule is CCCCCCC(CN)N1CCSCC1S(=O)(=O)CC. The molecule has 0 spiro atoms. The van der Waals surface area contributed by atoms with Crippen molar-refractivity contribution in [1.82, 2.24) is 4.90 Å². The molecule has 0 saturated carbocycles. The van der Waals surface area contributed by atoms with Crippen molar-refractivity contribution in [3.05, 3.63) is 0 Å². The van der Waals surface area contributed by atoms with E-state index in [1.807, 2.05) is 0 Å². The normalized spacial score (nSPS) is 22.9. The van der Waals surface area contributed by atoms with Crippen LogP contribution in [0, 0.1) is 0 Å². The molecule has 0 radical (unpaired) electrons. The molecule has 0 aliphatic carbocycles. The van der Waals surface area contributed by atoms with Crippen molar-refractivity contribution in [2.75, 3.05) is 30.3 Å². The molecule has 0 aromatic carbocycles. The second kappa shape index (κ2) is 9.28. The fourth-order valence-electron chi connectivity index (χ4n) is 2.74. The summed E-state index contributed by atoms with van der Waals surface area (Å²) < 4.78 is 24.5. The number of thioether (sulfide) groups is 1.